The lowest BCUT2D eigenvalue weighted by Crippen LogP contribution is -2.37. The average Bonchev–Trinajstić information content (AvgIpc) is 2.89. The van der Waals surface area contributed by atoms with E-state index in [1.165, 1.54) is 18.4 Å². The van der Waals surface area contributed by atoms with Crippen LogP contribution in [0.5, 0.6) is 0 Å². The average molecular weight is 419 g/mol. The number of rotatable bonds is 3. The molecule has 0 heterocycles. The molecule has 1 aliphatic rings. The Balaban J connectivity index is 0.00000242. The molecule has 124 valence electrons. The Kier molecular flexibility index (Phi) is 7.09. The van der Waals surface area contributed by atoms with Crippen molar-refractivity contribution in [2.45, 2.75) is 31.1 Å². The molecule has 0 unspecified atom stereocenters. The summed E-state index contributed by atoms with van der Waals surface area (Å²) in [5.41, 5.74) is 1.30. The maximum Gasteiger partial charge on any atom is 0.195 e. The Morgan fingerprint density at radius 2 is 1.55 bits per heavy atom. The van der Waals surface area contributed by atoms with Gasteiger partial charge in [0.1, 0.15) is 5.82 Å². The van der Waals surface area contributed by atoms with Crippen LogP contribution in [-0.2, 0) is 5.41 Å². The molecule has 0 atom stereocenters. The molecule has 0 N–H and O–H groups in total. The first kappa shape index (κ1) is 19.2. The molecule has 0 bridgehead atoms. The van der Waals surface area contributed by atoms with E-state index in [2.05, 4.69) is 0 Å². The highest BCUT2D eigenvalue weighted by Crippen LogP contribution is 2.41. The largest absolute Gasteiger partial charge is 0.349 e. The molecule has 1 aliphatic carbocycles. The molecule has 0 saturated heterocycles. The first-order valence-electron chi connectivity index (χ1n) is 7.60. The molecule has 0 spiro atoms. The van der Waals surface area contributed by atoms with E-state index in [1.807, 2.05) is 50.1 Å². The Hall–Kier alpha value is -0.850. The van der Waals surface area contributed by atoms with Gasteiger partial charge < -0.3 is 9.80 Å². The van der Waals surface area contributed by atoms with Crippen molar-refractivity contribution in [2.75, 3.05) is 34.7 Å². The molecule has 3 nitrogen and oxygen atoms in total. The van der Waals surface area contributed by atoms with E-state index in [9.17, 15) is 4.39 Å². The summed E-state index contributed by atoms with van der Waals surface area (Å²) in [6.07, 6.45) is 4.73. The molecular weight excluding hydrogens is 392 g/mol. The summed E-state index contributed by atoms with van der Waals surface area (Å²) >= 11 is 0. The van der Waals surface area contributed by atoms with Crippen LogP contribution in [0.2, 0.25) is 0 Å². The second-order valence-electron chi connectivity index (χ2n) is 6.40. The Morgan fingerprint density at radius 1 is 1.05 bits per heavy atom. The smallest absolute Gasteiger partial charge is 0.195 e. The zero-order valence-corrected chi connectivity index (χ0v) is 16.3. The topological polar surface area (TPSA) is 18.8 Å². The first-order chi connectivity index (χ1) is 9.94. The summed E-state index contributed by atoms with van der Waals surface area (Å²) in [5.74, 6) is 0.807. The molecular formula is C17H27FIN3. The third-order valence-corrected chi connectivity index (χ3v) is 4.34. The van der Waals surface area contributed by atoms with Crippen LogP contribution in [0.4, 0.5) is 4.39 Å². The Morgan fingerprint density at radius 3 is 2.00 bits per heavy atom. The number of guanidine groups is 1. The minimum atomic E-state index is -0.169. The van der Waals surface area contributed by atoms with Crippen LogP contribution in [-0.4, -0.2) is 50.5 Å². The van der Waals surface area contributed by atoms with Crippen LogP contribution >= 0.6 is 24.0 Å². The number of benzene rings is 1. The molecule has 0 aliphatic heterocycles. The van der Waals surface area contributed by atoms with Crippen molar-refractivity contribution in [3.8, 4) is 0 Å². The fourth-order valence-corrected chi connectivity index (χ4v) is 3.30. The number of halogens is 2. The monoisotopic (exact) mass is 419 g/mol. The van der Waals surface area contributed by atoms with Gasteiger partial charge in [0.2, 0.25) is 0 Å². The predicted octanol–water partition coefficient (Wildman–Crippen LogP) is 3.73. The highest BCUT2D eigenvalue weighted by atomic mass is 127. The lowest BCUT2D eigenvalue weighted by atomic mass is 9.79. The van der Waals surface area contributed by atoms with Gasteiger partial charge >= 0.3 is 0 Å². The Bertz CT molecular complexity index is 481. The summed E-state index contributed by atoms with van der Waals surface area (Å²) in [4.78, 5) is 8.92. The van der Waals surface area contributed by atoms with E-state index < -0.39 is 0 Å². The second-order valence-corrected chi connectivity index (χ2v) is 6.40. The standard InChI is InChI=1S/C17H26FN3.HI/c1-20(2)16(21(3)4)19-13-17(11-5-6-12-17)14-7-9-15(18)10-8-14;/h7-10H,5-6,11-13H2,1-4H3;1H. The van der Waals surface area contributed by atoms with Gasteiger partial charge in [-0.2, -0.15) is 0 Å². The number of aliphatic imine (C=N–C) groups is 1. The summed E-state index contributed by atoms with van der Waals surface area (Å²) in [7, 11) is 8.05. The molecule has 1 fully saturated rings. The van der Waals surface area contributed by atoms with E-state index in [-0.39, 0.29) is 35.2 Å². The first-order valence-corrected chi connectivity index (χ1v) is 7.60. The van der Waals surface area contributed by atoms with E-state index >= 15 is 0 Å². The minimum Gasteiger partial charge on any atom is -0.349 e. The van der Waals surface area contributed by atoms with E-state index in [0.717, 1.165) is 25.3 Å². The highest BCUT2D eigenvalue weighted by molar-refractivity contribution is 14.0. The Labute approximate surface area is 150 Å². The molecule has 0 amide bonds. The van der Waals surface area contributed by atoms with Crippen molar-refractivity contribution >= 4 is 29.9 Å². The molecule has 0 aromatic heterocycles. The lowest BCUT2D eigenvalue weighted by Gasteiger charge is -2.30. The maximum absolute atomic E-state index is 13.2. The quantitative estimate of drug-likeness (QED) is 0.423. The summed E-state index contributed by atoms with van der Waals surface area (Å²) < 4.78 is 13.2. The molecule has 0 radical (unpaired) electrons. The van der Waals surface area contributed by atoms with Gasteiger partial charge in [-0.3, -0.25) is 4.99 Å². The van der Waals surface area contributed by atoms with Crippen LogP contribution in [0.15, 0.2) is 29.3 Å². The van der Waals surface area contributed by atoms with Crippen LogP contribution in [0.3, 0.4) is 0 Å². The number of hydrogen-bond acceptors (Lipinski definition) is 1. The van der Waals surface area contributed by atoms with Gasteiger partial charge in [-0.05, 0) is 30.5 Å². The van der Waals surface area contributed by atoms with E-state index in [4.69, 9.17) is 4.99 Å². The molecule has 22 heavy (non-hydrogen) atoms. The SMILES string of the molecule is CN(C)C(=NCC1(c2ccc(F)cc2)CCCC1)N(C)C.I. The van der Waals surface area contributed by atoms with Crippen LogP contribution < -0.4 is 0 Å². The lowest BCUT2D eigenvalue weighted by molar-refractivity contribution is 0.431. The maximum atomic E-state index is 13.2. The zero-order valence-electron chi connectivity index (χ0n) is 14.0. The van der Waals surface area contributed by atoms with Crippen LogP contribution in [0.25, 0.3) is 0 Å². The van der Waals surface area contributed by atoms with Crippen molar-refractivity contribution in [3.63, 3.8) is 0 Å². The van der Waals surface area contributed by atoms with Crippen LogP contribution in [0.1, 0.15) is 31.2 Å². The van der Waals surface area contributed by atoms with Gasteiger partial charge in [-0.25, -0.2) is 4.39 Å². The minimum absolute atomic E-state index is 0. The highest BCUT2D eigenvalue weighted by Gasteiger charge is 2.35. The normalized spacial score (nSPS) is 15.9. The fraction of sp³-hybridized carbons (Fsp3) is 0.588. The molecule has 5 heteroatoms. The molecule has 1 aromatic rings. The third kappa shape index (κ3) is 4.33. The fourth-order valence-electron chi connectivity index (χ4n) is 3.30. The van der Waals surface area contributed by atoms with Crippen molar-refractivity contribution in [2.24, 2.45) is 4.99 Å². The van der Waals surface area contributed by atoms with Gasteiger partial charge in [-0.15, -0.1) is 24.0 Å². The van der Waals surface area contributed by atoms with Gasteiger partial charge in [-0.1, -0.05) is 25.0 Å². The van der Waals surface area contributed by atoms with E-state index in [1.54, 1.807) is 12.1 Å². The van der Waals surface area contributed by atoms with Gasteiger partial charge in [0.05, 0.1) is 6.54 Å². The van der Waals surface area contributed by atoms with E-state index in [0.29, 0.717) is 0 Å². The summed E-state index contributed by atoms with van der Waals surface area (Å²) in [5, 5.41) is 0. The van der Waals surface area contributed by atoms with Crippen molar-refractivity contribution in [1.82, 2.24) is 9.80 Å². The molecule has 1 aromatic carbocycles. The molecule has 2 rings (SSSR count). The van der Waals surface area contributed by atoms with Crippen molar-refractivity contribution in [1.29, 1.82) is 0 Å². The third-order valence-electron chi connectivity index (χ3n) is 4.34. The van der Waals surface area contributed by atoms with Gasteiger partial charge in [0.15, 0.2) is 5.96 Å². The zero-order chi connectivity index (χ0) is 15.5. The number of hydrogen-bond donors (Lipinski definition) is 0. The van der Waals surface area contributed by atoms with Crippen molar-refractivity contribution in [3.05, 3.63) is 35.6 Å². The number of nitrogens with zero attached hydrogens (tertiary/aromatic N) is 3. The molecule has 1 saturated carbocycles. The van der Waals surface area contributed by atoms with Gasteiger partial charge in [0.25, 0.3) is 0 Å². The summed E-state index contributed by atoms with van der Waals surface area (Å²) in [6, 6.07) is 7.00. The van der Waals surface area contributed by atoms with Crippen LogP contribution in [0, 0.1) is 5.82 Å². The van der Waals surface area contributed by atoms with Crippen molar-refractivity contribution < 1.29 is 4.39 Å². The summed E-state index contributed by atoms with van der Waals surface area (Å²) in [6.45, 7) is 0.768. The second kappa shape index (κ2) is 8.13. The van der Waals surface area contributed by atoms with Gasteiger partial charge in [0, 0.05) is 33.6 Å². The predicted molar refractivity (Wildman–Crippen MR) is 102 cm³/mol.